The molecule has 1 fully saturated rings. The van der Waals surface area contributed by atoms with E-state index in [2.05, 4.69) is 11.8 Å². The molecule has 19 heavy (non-hydrogen) atoms. The zero-order valence-electron chi connectivity index (χ0n) is 11.4. The first kappa shape index (κ1) is 13.3. The summed E-state index contributed by atoms with van der Waals surface area (Å²) < 4.78 is 10.6. The van der Waals surface area contributed by atoms with Crippen LogP contribution in [-0.2, 0) is 0 Å². The fourth-order valence-corrected chi connectivity index (χ4v) is 2.02. The summed E-state index contributed by atoms with van der Waals surface area (Å²) in [7, 11) is 3.12. The highest BCUT2D eigenvalue weighted by Gasteiger charge is 2.23. The van der Waals surface area contributed by atoms with Gasteiger partial charge in [-0.2, -0.15) is 0 Å². The number of carbonyl (C=O) groups excluding carboxylic acids is 1. The van der Waals surface area contributed by atoms with Gasteiger partial charge >= 0.3 is 0 Å². The number of nitrogens with zero attached hydrogens (tertiary/aromatic N) is 1. The summed E-state index contributed by atoms with van der Waals surface area (Å²) in [6.45, 7) is 3.39. The van der Waals surface area contributed by atoms with Gasteiger partial charge in [-0.1, -0.05) is 5.92 Å². The van der Waals surface area contributed by atoms with Crippen molar-refractivity contribution in [3.63, 3.8) is 0 Å². The zero-order chi connectivity index (χ0) is 13.8. The molecule has 1 amide bonds. The van der Waals surface area contributed by atoms with E-state index in [-0.39, 0.29) is 5.91 Å². The highest BCUT2D eigenvalue weighted by molar-refractivity contribution is 5.96. The van der Waals surface area contributed by atoms with E-state index in [0.717, 1.165) is 19.5 Å². The third-order valence-corrected chi connectivity index (χ3v) is 3.13. The van der Waals surface area contributed by atoms with Gasteiger partial charge in [-0.25, -0.2) is 0 Å². The van der Waals surface area contributed by atoms with Gasteiger partial charge in [0, 0.05) is 18.7 Å². The van der Waals surface area contributed by atoms with Crippen molar-refractivity contribution < 1.29 is 14.3 Å². The molecule has 0 aromatic heterocycles. The minimum atomic E-state index is 0.0198. The van der Waals surface area contributed by atoms with Crippen molar-refractivity contribution in [2.75, 3.05) is 27.3 Å². The lowest BCUT2D eigenvalue weighted by atomic mass is 10.1. The van der Waals surface area contributed by atoms with E-state index in [9.17, 15) is 4.79 Å². The normalized spacial score (nSPS) is 13.1. The van der Waals surface area contributed by atoms with Crippen LogP contribution >= 0.6 is 0 Å². The van der Waals surface area contributed by atoms with Crippen LogP contribution in [0.15, 0.2) is 12.1 Å². The van der Waals surface area contributed by atoms with E-state index in [1.807, 2.05) is 4.90 Å². The predicted octanol–water partition coefficient (Wildman–Crippen LogP) is 1.92. The maximum absolute atomic E-state index is 12.2. The highest BCUT2D eigenvalue weighted by Crippen LogP contribution is 2.32. The standard InChI is InChI=1S/C15H17NO3/c1-4-6-11-9-12(15(17)16-7-5-8-16)10-13(18-2)14(11)19-3/h9-10H,5,7-8H2,1-3H3. The second kappa shape index (κ2) is 5.66. The van der Waals surface area contributed by atoms with E-state index in [1.165, 1.54) is 0 Å². The number of hydrogen-bond acceptors (Lipinski definition) is 3. The van der Waals surface area contributed by atoms with Crippen LogP contribution in [0.2, 0.25) is 0 Å². The van der Waals surface area contributed by atoms with Crippen LogP contribution in [0.25, 0.3) is 0 Å². The number of carbonyl (C=O) groups is 1. The second-order valence-electron chi connectivity index (χ2n) is 4.28. The summed E-state index contributed by atoms with van der Waals surface area (Å²) in [6, 6.07) is 3.47. The summed E-state index contributed by atoms with van der Waals surface area (Å²) in [4.78, 5) is 14.0. The molecule has 0 N–H and O–H groups in total. The Morgan fingerprint density at radius 2 is 2.00 bits per heavy atom. The predicted molar refractivity (Wildman–Crippen MR) is 72.6 cm³/mol. The molecule has 1 aromatic carbocycles. The van der Waals surface area contributed by atoms with Gasteiger partial charge in [0.15, 0.2) is 11.5 Å². The van der Waals surface area contributed by atoms with Gasteiger partial charge in [0.25, 0.3) is 5.91 Å². The summed E-state index contributed by atoms with van der Waals surface area (Å²) >= 11 is 0. The first-order valence-electron chi connectivity index (χ1n) is 6.19. The monoisotopic (exact) mass is 259 g/mol. The summed E-state index contributed by atoms with van der Waals surface area (Å²) in [5, 5.41) is 0. The molecule has 0 saturated carbocycles. The van der Waals surface area contributed by atoms with E-state index in [0.29, 0.717) is 22.6 Å². The molecule has 1 heterocycles. The molecule has 1 saturated heterocycles. The van der Waals surface area contributed by atoms with E-state index in [1.54, 1.807) is 33.3 Å². The SMILES string of the molecule is CC#Cc1cc(C(=O)N2CCC2)cc(OC)c1OC. The maximum atomic E-state index is 12.2. The van der Waals surface area contributed by atoms with Gasteiger partial charge in [0.2, 0.25) is 0 Å². The lowest BCUT2D eigenvalue weighted by Crippen LogP contribution is -2.42. The minimum Gasteiger partial charge on any atom is -0.493 e. The van der Waals surface area contributed by atoms with Crippen molar-refractivity contribution in [1.29, 1.82) is 0 Å². The fourth-order valence-electron chi connectivity index (χ4n) is 2.02. The van der Waals surface area contributed by atoms with Crippen LogP contribution < -0.4 is 9.47 Å². The average molecular weight is 259 g/mol. The third-order valence-electron chi connectivity index (χ3n) is 3.13. The molecule has 4 heteroatoms. The Morgan fingerprint density at radius 3 is 2.47 bits per heavy atom. The first-order chi connectivity index (χ1) is 9.21. The molecule has 0 bridgehead atoms. The Morgan fingerprint density at radius 1 is 1.26 bits per heavy atom. The fraction of sp³-hybridized carbons (Fsp3) is 0.400. The second-order valence-corrected chi connectivity index (χ2v) is 4.28. The van der Waals surface area contributed by atoms with E-state index >= 15 is 0 Å². The topological polar surface area (TPSA) is 38.8 Å². The average Bonchev–Trinajstić information content (AvgIpc) is 2.36. The van der Waals surface area contributed by atoms with Crippen LogP contribution in [0.1, 0.15) is 29.3 Å². The Balaban J connectivity index is 2.46. The lowest BCUT2D eigenvalue weighted by Gasteiger charge is -2.31. The molecular formula is C15H17NO3. The lowest BCUT2D eigenvalue weighted by molar-refractivity contribution is 0.0651. The number of rotatable bonds is 3. The quantitative estimate of drug-likeness (QED) is 0.778. The molecule has 1 aliphatic heterocycles. The van der Waals surface area contributed by atoms with E-state index < -0.39 is 0 Å². The smallest absolute Gasteiger partial charge is 0.254 e. The van der Waals surface area contributed by atoms with Crippen molar-refractivity contribution in [2.24, 2.45) is 0 Å². The van der Waals surface area contributed by atoms with Gasteiger partial charge in [-0.15, -0.1) is 5.92 Å². The number of hydrogen-bond donors (Lipinski definition) is 0. The molecule has 0 aliphatic carbocycles. The third kappa shape index (κ3) is 2.50. The number of ether oxygens (including phenoxy) is 2. The molecule has 4 nitrogen and oxygen atoms in total. The zero-order valence-corrected chi connectivity index (χ0v) is 11.4. The number of likely N-dealkylation sites (tertiary alicyclic amines) is 1. The van der Waals surface area contributed by atoms with Gasteiger partial charge in [-0.05, 0) is 25.5 Å². The van der Waals surface area contributed by atoms with Crippen molar-refractivity contribution >= 4 is 5.91 Å². The van der Waals surface area contributed by atoms with Crippen molar-refractivity contribution in [2.45, 2.75) is 13.3 Å². The largest absolute Gasteiger partial charge is 0.493 e. The van der Waals surface area contributed by atoms with Crippen LogP contribution in [0, 0.1) is 11.8 Å². The van der Waals surface area contributed by atoms with Gasteiger partial charge in [-0.3, -0.25) is 4.79 Å². The molecule has 1 aromatic rings. The molecule has 1 aliphatic rings. The number of amides is 1. The van der Waals surface area contributed by atoms with Gasteiger partial charge < -0.3 is 14.4 Å². The van der Waals surface area contributed by atoms with Crippen LogP contribution in [0.5, 0.6) is 11.5 Å². The van der Waals surface area contributed by atoms with Crippen molar-refractivity contribution in [1.82, 2.24) is 4.90 Å². The van der Waals surface area contributed by atoms with Crippen LogP contribution in [-0.4, -0.2) is 38.1 Å². The molecule has 0 spiro atoms. The molecule has 0 atom stereocenters. The first-order valence-corrected chi connectivity index (χ1v) is 6.19. The Kier molecular flexibility index (Phi) is 3.96. The maximum Gasteiger partial charge on any atom is 0.254 e. The van der Waals surface area contributed by atoms with Crippen molar-refractivity contribution in [3.05, 3.63) is 23.3 Å². The minimum absolute atomic E-state index is 0.0198. The summed E-state index contributed by atoms with van der Waals surface area (Å²) in [5.41, 5.74) is 1.27. The molecular weight excluding hydrogens is 242 g/mol. The Hall–Kier alpha value is -2.15. The molecule has 2 rings (SSSR count). The van der Waals surface area contributed by atoms with Crippen molar-refractivity contribution in [3.8, 4) is 23.3 Å². The molecule has 100 valence electrons. The molecule has 0 unspecified atom stereocenters. The van der Waals surface area contributed by atoms with E-state index in [4.69, 9.17) is 9.47 Å². The summed E-state index contributed by atoms with van der Waals surface area (Å²) in [6.07, 6.45) is 1.07. The van der Waals surface area contributed by atoms with Crippen LogP contribution in [0.4, 0.5) is 0 Å². The Bertz CT molecular complexity index is 550. The summed E-state index contributed by atoms with van der Waals surface area (Å²) in [5.74, 6) is 6.89. The highest BCUT2D eigenvalue weighted by atomic mass is 16.5. The number of methoxy groups -OCH3 is 2. The molecule has 0 radical (unpaired) electrons. The Labute approximate surface area is 113 Å². The van der Waals surface area contributed by atoms with Gasteiger partial charge in [0.1, 0.15) is 0 Å². The van der Waals surface area contributed by atoms with Crippen LogP contribution in [0.3, 0.4) is 0 Å². The van der Waals surface area contributed by atoms with Gasteiger partial charge in [0.05, 0.1) is 19.8 Å². The number of benzene rings is 1.